The molecule has 0 bridgehead atoms. The maximum Gasteiger partial charge on any atom is 0.410 e. The molecule has 0 aromatic heterocycles. The topological polar surface area (TPSA) is 59.1 Å². The van der Waals surface area contributed by atoms with Gasteiger partial charge in [0.2, 0.25) is 5.91 Å². The van der Waals surface area contributed by atoms with Crippen molar-refractivity contribution in [2.75, 3.05) is 33.3 Å². The van der Waals surface area contributed by atoms with Crippen molar-refractivity contribution < 1.29 is 19.1 Å². The van der Waals surface area contributed by atoms with Crippen molar-refractivity contribution >= 4 is 12.0 Å². The van der Waals surface area contributed by atoms with Crippen LogP contribution in [0.2, 0.25) is 0 Å². The lowest BCUT2D eigenvalue weighted by molar-refractivity contribution is -0.139. The van der Waals surface area contributed by atoms with Crippen molar-refractivity contribution in [1.82, 2.24) is 9.80 Å². The number of likely N-dealkylation sites (tertiary alicyclic amines) is 2. The number of rotatable bonds is 4. The normalized spacial score (nSPS) is 21.2. The van der Waals surface area contributed by atoms with Gasteiger partial charge in [-0.1, -0.05) is 30.3 Å². The lowest BCUT2D eigenvalue weighted by Crippen LogP contribution is -2.56. The average Bonchev–Trinajstić information content (AvgIpc) is 3.01. The van der Waals surface area contributed by atoms with E-state index in [0.717, 1.165) is 18.5 Å². The number of amides is 2. The molecule has 6 nitrogen and oxygen atoms in total. The summed E-state index contributed by atoms with van der Waals surface area (Å²) >= 11 is 0. The van der Waals surface area contributed by atoms with Gasteiger partial charge in [-0.2, -0.15) is 0 Å². The largest absolute Gasteiger partial charge is 0.445 e. The molecule has 2 aliphatic heterocycles. The molecular weight excluding hydrogens is 296 g/mol. The predicted molar refractivity (Wildman–Crippen MR) is 83.7 cm³/mol. The van der Waals surface area contributed by atoms with E-state index in [1.165, 1.54) is 0 Å². The van der Waals surface area contributed by atoms with E-state index in [4.69, 9.17) is 9.47 Å². The van der Waals surface area contributed by atoms with Crippen LogP contribution in [-0.2, 0) is 20.9 Å². The number of ether oxygens (including phenoxy) is 2. The number of carbonyl (C=O) groups is 2. The molecule has 124 valence electrons. The number of hydrogen-bond acceptors (Lipinski definition) is 4. The molecule has 2 saturated heterocycles. The molecule has 6 heteroatoms. The second-order valence-corrected chi connectivity index (χ2v) is 6.07. The molecule has 2 fully saturated rings. The molecule has 0 aliphatic carbocycles. The van der Waals surface area contributed by atoms with Crippen LogP contribution in [0.25, 0.3) is 0 Å². The van der Waals surface area contributed by atoms with Gasteiger partial charge in [-0.3, -0.25) is 4.79 Å². The summed E-state index contributed by atoms with van der Waals surface area (Å²) in [7, 11) is 1.67. The summed E-state index contributed by atoms with van der Waals surface area (Å²) in [5, 5.41) is 0. The van der Waals surface area contributed by atoms with Crippen LogP contribution >= 0.6 is 0 Å². The number of nitrogens with zero attached hydrogens (tertiary/aromatic N) is 2. The lowest BCUT2D eigenvalue weighted by atomic mass is 9.99. The Balaban J connectivity index is 1.40. The summed E-state index contributed by atoms with van der Waals surface area (Å²) in [4.78, 5) is 27.7. The molecule has 0 radical (unpaired) electrons. The quantitative estimate of drug-likeness (QED) is 0.844. The second-order valence-electron chi connectivity index (χ2n) is 6.07. The number of carbonyl (C=O) groups excluding carboxylic acids is 2. The summed E-state index contributed by atoms with van der Waals surface area (Å²) < 4.78 is 10.5. The van der Waals surface area contributed by atoms with Crippen LogP contribution in [0.3, 0.4) is 0 Å². The molecule has 23 heavy (non-hydrogen) atoms. The van der Waals surface area contributed by atoms with Crippen LogP contribution in [0.1, 0.15) is 12.0 Å². The monoisotopic (exact) mass is 318 g/mol. The third kappa shape index (κ3) is 3.64. The van der Waals surface area contributed by atoms with Gasteiger partial charge < -0.3 is 19.3 Å². The molecule has 0 spiro atoms. The van der Waals surface area contributed by atoms with E-state index in [-0.39, 0.29) is 30.6 Å². The molecule has 0 unspecified atom stereocenters. The Morgan fingerprint density at radius 1 is 1.13 bits per heavy atom. The van der Waals surface area contributed by atoms with E-state index < -0.39 is 0 Å². The third-order valence-electron chi connectivity index (χ3n) is 4.48. The van der Waals surface area contributed by atoms with E-state index in [9.17, 15) is 9.59 Å². The van der Waals surface area contributed by atoms with Gasteiger partial charge in [-0.25, -0.2) is 4.79 Å². The Hall–Kier alpha value is -2.08. The van der Waals surface area contributed by atoms with Crippen molar-refractivity contribution in [2.24, 2.45) is 5.92 Å². The minimum atomic E-state index is -0.353. The van der Waals surface area contributed by atoms with Crippen molar-refractivity contribution in [1.29, 1.82) is 0 Å². The number of benzene rings is 1. The fourth-order valence-electron chi connectivity index (χ4n) is 2.97. The zero-order valence-electron chi connectivity index (χ0n) is 13.3. The van der Waals surface area contributed by atoms with E-state index in [0.29, 0.717) is 19.6 Å². The fraction of sp³-hybridized carbons (Fsp3) is 0.529. The Labute approximate surface area is 136 Å². The number of hydrogen-bond donors (Lipinski definition) is 0. The molecule has 1 atom stereocenters. The van der Waals surface area contributed by atoms with E-state index in [2.05, 4.69) is 0 Å². The molecule has 2 amide bonds. The van der Waals surface area contributed by atoms with Crippen LogP contribution < -0.4 is 0 Å². The Morgan fingerprint density at radius 3 is 2.52 bits per heavy atom. The number of methoxy groups -OCH3 is 1. The van der Waals surface area contributed by atoms with Gasteiger partial charge in [0.25, 0.3) is 0 Å². The first-order valence-corrected chi connectivity index (χ1v) is 7.94. The zero-order valence-corrected chi connectivity index (χ0v) is 13.3. The summed E-state index contributed by atoms with van der Waals surface area (Å²) in [6.07, 6.45) is 0.678. The first-order chi connectivity index (χ1) is 11.2. The predicted octanol–water partition coefficient (Wildman–Crippen LogP) is 1.50. The Bertz CT molecular complexity index is 557. The highest BCUT2D eigenvalue weighted by molar-refractivity contribution is 5.83. The van der Waals surface area contributed by atoms with Crippen molar-refractivity contribution in [3.05, 3.63) is 35.9 Å². The van der Waals surface area contributed by atoms with Gasteiger partial charge >= 0.3 is 6.09 Å². The molecule has 0 saturated carbocycles. The maximum atomic E-state index is 12.3. The molecule has 2 aliphatic rings. The molecule has 1 aromatic carbocycles. The molecule has 1 aromatic rings. The highest BCUT2D eigenvalue weighted by Crippen LogP contribution is 2.22. The minimum Gasteiger partial charge on any atom is -0.445 e. The van der Waals surface area contributed by atoms with Crippen LogP contribution in [-0.4, -0.2) is 61.2 Å². The van der Waals surface area contributed by atoms with Gasteiger partial charge in [-0.05, 0) is 12.0 Å². The van der Waals surface area contributed by atoms with Crippen LogP contribution in [0.5, 0.6) is 0 Å². The molecule has 0 N–H and O–H groups in total. The SMILES string of the molecule is CO[C@@H]1CCN(C(=O)C2CN(C(=O)OCc3ccccc3)C2)C1. The highest BCUT2D eigenvalue weighted by Gasteiger charge is 2.40. The van der Waals surface area contributed by atoms with E-state index in [1.807, 2.05) is 35.2 Å². The average molecular weight is 318 g/mol. The van der Waals surface area contributed by atoms with Gasteiger partial charge in [0, 0.05) is 33.3 Å². The van der Waals surface area contributed by atoms with Crippen LogP contribution in [0.15, 0.2) is 30.3 Å². The molecule has 3 rings (SSSR count). The first-order valence-electron chi connectivity index (χ1n) is 7.94. The van der Waals surface area contributed by atoms with Gasteiger partial charge in [0.15, 0.2) is 0 Å². The summed E-state index contributed by atoms with van der Waals surface area (Å²) in [6, 6.07) is 9.56. The van der Waals surface area contributed by atoms with Gasteiger partial charge in [-0.15, -0.1) is 0 Å². The summed E-state index contributed by atoms with van der Waals surface area (Å²) in [5.41, 5.74) is 0.955. The van der Waals surface area contributed by atoms with E-state index in [1.54, 1.807) is 12.0 Å². The molecule has 2 heterocycles. The summed E-state index contributed by atoms with van der Waals surface area (Å²) in [5.74, 6) is 0.0199. The second kappa shape index (κ2) is 7.00. The smallest absolute Gasteiger partial charge is 0.410 e. The highest BCUT2D eigenvalue weighted by atomic mass is 16.6. The maximum absolute atomic E-state index is 12.3. The van der Waals surface area contributed by atoms with Gasteiger partial charge in [0.1, 0.15) is 6.61 Å². The molecular formula is C17H22N2O4. The Kier molecular flexibility index (Phi) is 4.81. The van der Waals surface area contributed by atoms with E-state index >= 15 is 0 Å². The van der Waals surface area contributed by atoms with Gasteiger partial charge in [0.05, 0.1) is 12.0 Å². The third-order valence-corrected chi connectivity index (χ3v) is 4.48. The standard InChI is InChI=1S/C17H22N2O4/c1-22-15-7-8-18(11-15)16(20)14-9-19(10-14)17(21)23-12-13-5-3-2-4-6-13/h2-6,14-15H,7-12H2,1H3/t15-/m1/s1. The first kappa shape index (κ1) is 15.8. The zero-order chi connectivity index (χ0) is 16.2. The minimum absolute atomic E-state index is 0.102. The lowest BCUT2D eigenvalue weighted by Gasteiger charge is -2.38. The van der Waals surface area contributed by atoms with Crippen molar-refractivity contribution in [3.63, 3.8) is 0 Å². The fourth-order valence-corrected chi connectivity index (χ4v) is 2.97. The van der Waals surface area contributed by atoms with Crippen molar-refractivity contribution in [2.45, 2.75) is 19.1 Å². The Morgan fingerprint density at radius 2 is 1.87 bits per heavy atom. The van der Waals surface area contributed by atoms with Crippen molar-refractivity contribution in [3.8, 4) is 0 Å². The summed E-state index contributed by atoms with van der Waals surface area (Å²) in [6.45, 7) is 2.55. The van der Waals surface area contributed by atoms with Crippen LogP contribution in [0.4, 0.5) is 4.79 Å². The van der Waals surface area contributed by atoms with Crippen LogP contribution in [0, 0.1) is 5.92 Å².